The van der Waals surface area contributed by atoms with Crippen LogP contribution in [0, 0.1) is 6.92 Å². The van der Waals surface area contributed by atoms with Crippen molar-refractivity contribution in [2.75, 3.05) is 11.5 Å². The van der Waals surface area contributed by atoms with Gasteiger partial charge in [-0.05, 0) is 78.7 Å². The summed E-state index contributed by atoms with van der Waals surface area (Å²) in [6.07, 6.45) is 1.73. The number of Topliss-reactive ketones (excluding diaryl/α,β-unsaturated/α-hetero) is 1. The second kappa shape index (κ2) is 8.11. The first-order valence-electron chi connectivity index (χ1n) is 10.3. The van der Waals surface area contributed by atoms with Gasteiger partial charge in [0, 0.05) is 21.2 Å². The molecule has 1 atom stereocenters. The van der Waals surface area contributed by atoms with Crippen LogP contribution in [0.15, 0.2) is 59.5 Å². The maximum absolute atomic E-state index is 13.2. The zero-order valence-corrected chi connectivity index (χ0v) is 18.9. The van der Waals surface area contributed by atoms with Crippen molar-refractivity contribution in [1.82, 2.24) is 0 Å². The Labute approximate surface area is 194 Å². The van der Waals surface area contributed by atoms with Crippen LogP contribution in [0.25, 0.3) is 5.76 Å². The molecule has 162 valence electrons. The molecule has 1 saturated heterocycles. The lowest BCUT2D eigenvalue weighted by atomic mass is 9.97. The molecule has 3 aromatic rings. The summed E-state index contributed by atoms with van der Waals surface area (Å²) >= 11 is 7.55. The summed E-state index contributed by atoms with van der Waals surface area (Å²) in [5.41, 5.74) is 2.93. The van der Waals surface area contributed by atoms with Gasteiger partial charge in [0.25, 0.3) is 11.7 Å². The topological polar surface area (TPSA) is 66.8 Å². The van der Waals surface area contributed by atoms with Crippen LogP contribution in [0.1, 0.15) is 34.0 Å². The Morgan fingerprint density at radius 2 is 2.03 bits per heavy atom. The summed E-state index contributed by atoms with van der Waals surface area (Å²) in [6, 6.07) is 13.6. The molecule has 5 rings (SSSR count). The number of aryl methyl sites for hydroxylation is 2. The molecule has 0 aliphatic carbocycles. The van der Waals surface area contributed by atoms with Crippen molar-refractivity contribution in [3.05, 3.63) is 86.1 Å². The summed E-state index contributed by atoms with van der Waals surface area (Å²) in [6.45, 7) is 2.51. The van der Waals surface area contributed by atoms with E-state index in [2.05, 4.69) is 0 Å². The minimum Gasteiger partial charge on any atom is -0.507 e. The number of hydrogen-bond acceptors (Lipinski definition) is 5. The number of anilines is 1. The number of fused-ring (bicyclic) bond motifs is 1. The Bertz CT molecular complexity index is 1260. The van der Waals surface area contributed by atoms with Crippen LogP contribution in [0.5, 0.6) is 5.75 Å². The second-order valence-corrected chi connectivity index (χ2v) is 9.31. The quantitative estimate of drug-likeness (QED) is 0.308. The van der Waals surface area contributed by atoms with Crippen LogP contribution in [0.2, 0.25) is 5.02 Å². The number of thiophene rings is 1. The summed E-state index contributed by atoms with van der Waals surface area (Å²) in [5.74, 6) is -0.759. The molecule has 1 N–H and O–H groups in total. The fourth-order valence-electron chi connectivity index (χ4n) is 4.35. The number of aliphatic hydroxyl groups excluding tert-OH is 1. The number of carbonyl (C=O) groups excluding carboxylic acids is 2. The third-order valence-electron chi connectivity index (χ3n) is 5.86. The van der Waals surface area contributed by atoms with Crippen molar-refractivity contribution >= 4 is 46.1 Å². The van der Waals surface area contributed by atoms with Crippen molar-refractivity contribution in [2.24, 2.45) is 0 Å². The maximum Gasteiger partial charge on any atom is 0.300 e. The van der Waals surface area contributed by atoms with Gasteiger partial charge in [0.1, 0.15) is 17.6 Å². The van der Waals surface area contributed by atoms with Crippen molar-refractivity contribution < 1.29 is 19.4 Å². The molecule has 7 heteroatoms. The summed E-state index contributed by atoms with van der Waals surface area (Å²) < 4.78 is 5.66. The van der Waals surface area contributed by atoms with Gasteiger partial charge in [0.15, 0.2) is 0 Å². The average molecular weight is 466 g/mol. The SMILES string of the molecule is Cc1cc(Cl)ccc1N1C(=O)C(=O)/C(=C(\O)c2ccc3c(c2)CCCO3)C1c1cccs1. The van der Waals surface area contributed by atoms with Gasteiger partial charge in [0.2, 0.25) is 0 Å². The van der Waals surface area contributed by atoms with Crippen molar-refractivity contribution in [2.45, 2.75) is 25.8 Å². The first-order valence-corrected chi connectivity index (χ1v) is 11.6. The largest absolute Gasteiger partial charge is 0.507 e. The number of benzene rings is 2. The van der Waals surface area contributed by atoms with Gasteiger partial charge in [-0.3, -0.25) is 14.5 Å². The highest BCUT2D eigenvalue weighted by Gasteiger charge is 2.47. The van der Waals surface area contributed by atoms with E-state index in [-0.39, 0.29) is 11.3 Å². The monoisotopic (exact) mass is 465 g/mol. The van der Waals surface area contributed by atoms with Gasteiger partial charge in [-0.2, -0.15) is 0 Å². The molecule has 1 amide bonds. The van der Waals surface area contributed by atoms with E-state index in [4.69, 9.17) is 16.3 Å². The fourth-order valence-corrected chi connectivity index (χ4v) is 5.40. The summed E-state index contributed by atoms with van der Waals surface area (Å²) in [7, 11) is 0. The van der Waals surface area contributed by atoms with Gasteiger partial charge in [-0.15, -0.1) is 11.3 Å². The number of ether oxygens (including phenoxy) is 1. The lowest BCUT2D eigenvalue weighted by molar-refractivity contribution is -0.132. The standard InChI is InChI=1S/C25H20ClNO4S/c1-14-12-17(26)7-8-18(14)27-22(20-5-3-11-32-20)21(24(29)25(27)30)23(28)16-6-9-19-15(13-16)4-2-10-31-19/h3,5-9,11-13,22,28H,2,4,10H2,1H3/b23-21-. The lowest BCUT2D eigenvalue weighted by Gasteiger charge is -2.26. The second-order valence-electron chi connectivity index (χ2n) is 7.89. The molecule has 1 aromatic heterocycles. The molecular formula is C25H20ClNO4S. The highest BCUT2D eigenvalue weighted by Crippen LogP contribution is 2.45. The molecule has 3 heterocycles. The zero-order chi connectivity index (χ0) is 22.4. The molecule has 2 aliphatic rings. The summed E-state index contributed by atoms with van der Waals surface area (Å²) in [4.78, 5) is 28.7. The maximum atomic E-state index is 13.2. The third kappa shape index (κ3) is 3.40. The molecule has 1 unspecified atom stereocenters. The Balaban J connectivity index is 1.68. The number of ketones is 1. The third-order valence-corrected chi connectivity index (χ3v) is 7.02. The first kappa shape index (κ1) is 20.8. The van der Waals surface area contributed by atoms with Gasteiger partial charge in [0.05, 0.1) is 12.2 Å². The van der Waals surface area contributed by atoms with E-state index in [1.165, 1.54) is 16.2 Å². The van der Waals surface area contributed by atoms with Crippen molar-refractivity contribution in [3.63, 3.8) is 0 Å². The molecule has 5 nitrogen and oxygen atoms in total. The molecular weight excluding hydrogens is 446 g/mol. The van der Waals surface area contributed by atoms with E-state index in [0.717, 1.165) is 34.6 Å². The molecule has 1 fully saturated rings. The Morgan fingerprint density at radius 1 is 1.19 bits per heavy atom. The minimum atomic E-state index is -0.720. The van der Waals surface area contributed by atoms with Crippen LogP contribution in [0.3, 0.4) is 0 Å². The average Bonchev–Trinajstić information content (AvgIpc) is 3.40. The molecule has 2 aromatic carbocycles. The van der Waals surface area contributed by atoms with Crippen LogP contribution in [0.4, 0.5) is 5.69 Å². The molecule has 32 heavy (non-hydrogen) atoms. The Morgan fingerprint density at radius 3 is 2.78 bits per heavy atom. The van der Waals surface area contributed by atoms with Crippen molar-refractivity contribution in [1.29, 1.82) is 0 Å². The van der Waals surface area contributed by atoms with Gasteiger partial charge in [-0.25, -0.2) is 0 Å². The van der Waals surface area contributed by atoms with E-state index >= 15 is 0 Å². The predicted octanol–water partition coefficient (Wildman–Crippen LogP) is 5.66. The highest BCUT2D eigenvalue weighted by molar-refractivity contribution is 7.10. The number of halogens is 1. The molecule has 0 radical (unpaired) electrons. The Kier molecular flexibility index (Phi) is 5.27. The smallest absolute Gasteiger partial charge is 0.300 e. The minimum absolute atomic E-state index is 0.0866. The number of carbonyl (C=O) groups is 2. The number of nitrogens with zero attached hydrogens (tertiary/aromatic N) is 1. The van der Waals surface area contributed by atoms with Gasteiger partial charge >= 0.3 is 0 Å². The number of rotatable bonds is 3. The number of hydrogen-bond donors (Lipinski definition) is 1. The predicted molar refractivity (Wildman–Crippen MR) is 126 cm³/mol. The molecule has 0 spiro atoms. The highest BCUT2D eigenvalue weighted by atomic mass is 35.5. The molecule has 2 aliphatic heterocycles. The van der Waals surface area contributed by atoms with Crippen LogP contribution in [-0.4, -0.2) is 23.4 Å². The van der Waals surface area contributed by atoms with E-state index in [0.29, 0.717) is 22.9 Å². The number of aliphatic hydroxyl groups is 1. The van der Waals surface area contributed by atoms with Gasteiger partial charge in [-0.1, -0.05) is 17.7 Å². The normalized spacial score (nSPS) is 19.7. The van der Waals surface area contributed by atoms with Crippen molar-refractivity contribution in [3.8, 4) is 5.75 Å². The van der Waals surface area contributed by atoms with Gasteiger partial charge < -0.3 is 9.84 Å². The summed E-state index contributed by atoms with van der Waals surface area (Å²) in [5, 5.41) is 13.7. The Hall–Kier alpha value is -3.09. The molecule has 0 bridgehead atoms. The lowest BCUT2D eigenvalue weighted by Crippen LogP contribution is -2.29. The van der Waals surface area contributed by atoms with Crippen LogP contribution >= 0.6 is 22.9 Å². The van der Waals surface area contributed by atoms with E-state index in [1.54, 1.807) is 24.3 Å². The van der Waals surface area contributed by atoms with E-state index in [9.17, 15) is 14.7 Å². The van der Waals surface area contributed by atoms with Crippen LogP contribution in [-0.2, 0) is 16.0 Å². The number of amides is 1. The van der Waals surface area contributed by atoms with E-state index in [1.807, 2.05) is 36.6 Å². The van der Waals surface area contributed by atoms with E-state index < -0.39 is 17.7 Å². The molecule has 0 saturated carbocycles. The van der Waals surface area contributed by atoms with Crippen LogP contribution < -0.4 is 9.64 Å². The fraction of sp³-hybridized carbons (Fsp3) is 0.200. The first-order chi connectivity index (χ1) is 15.5. The zero-order valence-electron chi connectivity index (χ0n) is 17.3.